The van der Waals surface area contributed by atoms with E-state index in [0.717, 1.165) is 22.6 Å². The minimum atomic E-state index is -4.58. The van der Waals surface area contributed by atoms with Crippen LogP contribution in [0.5, 0.6) is 5.75 Å². The smallest absolute Gasteiger partial charge is 0.416 e. The standard InChI is InChI=1S/C27H24F3N3O3S/c1-36-22-12-10-20(11-13-22)31-24(34)17-23-25(35)33(21-9-5-8-19(16-21)27(28,29)30)26(37)32(23)15-14-18-6-3-2-4-7-18/h2-13,16,23H,14-15,17H2,1H3,(H,31,34). The number of methoxy groups -OCH3 is 1. The zero-order valence-corrected chi connectivity index (χ0v) is 20.7. The Morgan fingerprint density at radius 3 is 2.38 bits per heavy atom. The van der Waals surface area contributed by atoms with Crippen LogP contribution in [-0.4, -0.2) is 41.5 Å². The van der Waals surface area contributed by atoms with E-state index in [-0.39, 0.29) is 17.2 Å². The van der Waals surface area contributed by atoms with Crippen LogP contribution in [0.1, 0.15) is 17.5 Å². The third-order valence-electron chi connectivity index (χ3n) is 5.99. The first-order chi connectivity index (χ1) is 17.7. The lowest BCUT2D eigenvalue weighted by Gasteiger charge is -2.24. The van der Waals surface area contributed by atoms with Crippen LogP contribution in [0.3, 0.4) is 0 Å². The summed E-state index contributed by atoms with van der Waals surface area (Å²) in [5.74, 6) is -0.359. The zero-order valence-electron chi connectivity index (χ0n) is 19.9. The highest BCUT2D eigenvalue weighted by atomic mass is 32.1. The van der Waals surface area contributed by atoms with Crippen molar-refractivity contribution in [1.82, 2.24) is 4.90 Å². The van der Waals surface area contributed by atoms with Gasteiger partial charge in [-0.1, -0.05) is 36.4 Å². The molecule has 1 unspecified atom stereocenters. The molecule has 1 fully saturated rings. The fourth-order valence-corrected chi connectivity index (χ4v) is 4.52. The average molecular weight is 528 g/mol. The number of ether oxygens (including phenoxy) is 1. The molecule has 1 heterocycles. The van der Waals surface area contributed by atoms with Gasteiger partial charge in [-0.15, -0.1) is 0 Å². The molecule has 1 N–H and O–H groups in total. The fraction of sp³-hybridized carbons (Fsp3) is 0.222. The van der Waals surface area contributed by atoms with E-state index in [1.54, 1.807) is 29.2 Å². The van der Waals surface area contributed by atoms with Crippen molar-refractivity contribution in [3.8, 4) is 5.75 Å². The molecule has 0 saturated carbocycles. The molecule has 10 heteroatoms. The molecule has 1 saturated heterocycles. The van der Waals surface area contributed by atoms with Gasteiger partial charge in [0, 0.05) is 12.2 Å². The minimum Gasteiger partial charge on any atom is -0.497 e. The van der Waals surface area contributed by atoms with Crippen LogP contribution in [0, 0.1) is 0 Å². The van der Waals surface area contributed by atoms with Gasteiger partial charge in [0.2, 0.25) is 5.91 Å². The van der Waals surface area contributed by atoms with Crippen molar-refractivity contribution >= 4 is 40.5 Å². The molecule has 2 amide bonds. The molecule has 192 valence electrons. The van der Waals surface area contributed by atoms with E-state index >= 15 is 0 Å². The second-order valence-electron chi connectivity index (χ2n) is 8.43. The lowest BCUT2D eigenvalue weighted by Crippen LogP contribution is -2.39. The number of anilines is 2. The van der Waals surface area contributed by atoms with Crippen LogP contribution in [0.4, 0.5) is 24.5 Å². The molecule has 0 aromatic heterocycles. The molecule has 37 heavy (non-hydrogen) atoms. The predicted molar refractivity (Wildman–Crippen MR) is 138 cm³/mol. The largest absolute Gasteiger partial charge is 0.497 e. The first kappa shape index (κ1) is 26.2. The summed E-state index contributed by atoms with van der Waals surface area (Å²) >= 11 is 5.56. The number of thiocarbonyl (C=S) groups is 1. The Hall–Kier alpha value is -3.92. The Balaban J connectivity index is 1.58. The van der Waals surface area contributed by atoms with Gasteiger partial charge in [0.15, 0.2) is 5.11 Å². The summed E-state index contributed by atoms with van der Waals surface area (Å²) in [5.41, 5.74) is 0.630. The van der Waals surface area contributed by atoms with Crippen molar-refractivity contribution in [1.29, 1.82) is 0 Å². The second-order valence-corrected chi connectivity index (χ2v) is 8.80. The fourth-order valence-electron chi connectivity index (χ4n) is 4.10. The van der Waals surface area contributed by atoms with Gasteiger partial charge in [0.25, 0.3) is 5.91 Å². The van der Waals surface area contributed by atoms with E-state index in [9.17, 15) is 22.8 Å². The number of carbonyl (C=O) groups excluding carboxylic acids is 2. The highest BCUT2D eigenvalue weighted by Crippen LogP contribution is 2.34. The average Bonchev–Trinajstić information content (AvgIpc) is 3.11. The second kappa shape index (κ2) is 11.0. The van der Waals surface area contributed by atoms with Crippen molar-refractivity contribution in [3.63, 3.8) is 0 Å². The van der Waals surface area contributed by atoms with E-state index in [1.165, 1.54) is 19.2 Å². The van der Waals surface area contributed by atoms with Gasteiger partial charge >= 0.3 is 6.18 Å². The van der Waals surface area contributed by atoms with Gasteiger partial charge in [-0.3, -0.25) is 14.5 Å². The summed E-state index contributed by atoms with van der Waals surface area (Å²) in [5, 5.41) is 2.81. The van der Waals surface area contributed by atoms with Gasteiger partial charge in [0.05, 0.1) is 24.8 Å². The zero-order chi connectivity index (χ0) is 26.6. The number of benzene rings is 3. The number of amides is 2. The number of hydrogen-bond acceptors (Lipinski definition) is 4. The lowest BCUT2D eigenvalue weighted by molar-refractivity contribution is -0.137. The van der Waals surface area contributed by atoms with Crippen molar-refractivity contribution < 1.29 is 27.5 Å². The Morgan fingerprint density at radius 1 is 1.03 bits per heavy atom. The van der Waals surface area contributed by atoms with E-state index < -0.39 is 29.6 Å². The molecule has 3 aromatic rings. The van der Waals surface area contributed by atoms with Crippen LogP contribution in [0.2, 0.25) is 0 Å². The maximum Gasteiger partial charge on any atom is 0.416 e. The Labute approximate surface area is 217 Å². The molecule has 0 spiro atoms. The van der Waals surface area contributed by atoms with Crippen LogP contribution in [-0.2, 0) is 22.2 Å². The summed E-state index contributed by atoms with van der Waals surface area (Å²) in [6.07, 6.45) is -4.28. The third-order valence-corrected chi connectivity index (χ3v) is 6.40. The first-order valence-electron chi connectivity index (χ1n) is 11.5. The number of nitrogens with one attached hydrogen (secondary N) is 1. The Morgan fingerprint density at radius 2 is 1.73 bits per heavy atom. The van der Waals surface area contributed by atoms with E-state index in [2.05, 4.69) is 5.32 Å². The molecular formula is C27H24F3N3O3S. The summed E-state index contributed by atoms with van der Waals surface area (Å²) in [6, 6.07) is 19.7. The van der Waals surface area contributed by atoms with Crippen LogP contribution >= 0.6 is 12.2 Å². The number of carbonyl (C=O) groups is 2. The summed E-state index contributed by atoms with van der Waals surface area (Å²) < 4.78 is 45.1. The molecule has 3 aromatic carbocycles. The minimum absolute atomic E-state index is 0.00704. The molecule has 1 aliphatic rings. The lowest BCUT2D eigenvalue weighted by atomic mass is 10.1. The van der Waals surface area contributed by atoms with Gasteiger partial charge in [0.1, 0.15) is 11.8 Å². The topological polar surface area (TPSA) is 61.9 Å². The van der Waals surface area contributed by atoms with Crippen LogP contribution in [0.25, 0.3) is 0 Å². The van der Waals surface area contributed by atoms with E-state index in [0.29, 0.717) is 24.4 Å². The first-order valence-corrected chi connectivity index (χ1v) is 11.9. The highest BCUT2D eigenvalue weighted by molar-refractivity contribution is 7.80. The normalized spacial score (nSPS) is 15.7. The molecule has 0 radical (unpaired) electrons. The number of rotatable bonds is 8. The van der Waals surface area contributed by atoms with Gasteiger partial charge in [-0.2, -0.15) is 13.2 Å². The molecule has 4 rings (SSSR count). The van der Waals surface area contributed by atoms with E-state index in [1.807, 2.05) is 30.3 Å². The maximum atomic E-state index is 13.5. The number of nitrogens with zero attached hydrogens (tertiary/aromatic N) is 2. The van der Waals surface area contributed by atoms with Crippen molar-refractivity contribution in [3.05, 3.63) is 90.0 Å². The molecule has 1 atom stereocenters. The highest BCUT2D eigenvalue weighted by Gasteiger charge is 2.44. The molecule has 0 bridgehead atoms. The van der Waals surface area contributed by atoms with Gasteiger partial charge in [-0.25, -0.2) is 0 Å². The summed E-state index contributed by atoms with van der Waals surface area (Å²) in [6.45, 7) is 0.310. The monoisotopic (exact) mass is 527 g/mol. The molecular weight excluding hydrogens is 503 g/mol. The molecule has 1 aliphatic heterocycles. The third kappa shape index (κ3) is 6.08. The van der Waals surface area contributed by atoms with Gasteiger partial charge in [-0.05, 0) is 66.7 Å². The number of halogens is 3. The Bertz CT molecular complexity index is 1280. The Kier molecular flexibility index (Phi) is 7.77. The quantitative estimate of drug-likeness (QED) is 0.404. The number of alkyl halides is 3. The van der Waals surface area contributed by atoms with Crippen molar-refractivity contribution in [2.75, 3.05) is 23.9 Å². The van der Waals surface area contributed by atoms with Gasteiger partial charge < -0.3 is 15.0 Å². The summed E-state index contributed by atoms with van der Waals surface area (Å²) in [7, 11) is 1.53. The molecule has 0 aliphatic carbocycles. The SMILES string of the molecule is COc1ccc(NC(=O)CC2C(=O)N(c3cccc(C(F)(F)F)c3)C(=S)N2CCc2ccccc2)cc1. The van der Waals surface area contributed by atoms with E-state index in [4.69, 9.17) is 17.0 Å². The van der Waals surface area contributed by atoms with Crippen molar-refractivity contribution in [2.45, 2.75) is 25.1 Å². The van der Waals surface area contributed by atoms with Crippen LogP contribution < -0.4 is 15.0 Å². The predicted octanol–water partition coefficient (Wildman–Crippen LogP) is 5.29. The maximum absolute atomic E-state index is 13.5. The summed E-state index contributed by atoms with van der Waals surface area (Å²) in [4.78, 5) is 29.1. The molecule has 6 nitrogen and oxygen atoms in total. The van der Waals surface area contributed by atoms with Crippen molar-refractivity contribution in [2.24, 2.45) is 0 Å². The van der Waals surface area contributed by atoms with Crippen LogP contribution in [0.15, 0.2) is 78.9 Å². The number of hydrogen-bond donors (Lipinski definition) is 1.